The van der Waals surface area contributed by atoms with Gasteiger partial charge in [0.2, 0.25) is 0 Å². The maximum absolute atomic E-state index is 9.43. The molecule has 7 heteroatoms. The number of anilines is 2. The van der Waals surface area contributed by atoms with Crippen LogP contribution in [0.3, 0.4) is 0 Å². The fraction of sp³-hybridized carbons (Fsp3) is 0.714. The first kappa shape index (κ1) is 17.6. The number of rotatable bonds is 9. The second kappa shape index (κ2) is 8.11. The minimum absolute atomic E-state index is 0.400. The van der Waals surface area contributed by atoms with E-state index in [2.05, 4.69) is 20.6 Å². The van der Waals surface area contributed by atoms with Gasteiger partial charge in [-0.1, -0.05) is 6.92 Å². The predicted octanol–water partition coefficient (Wildman–Crippen LogP) is 0.297. The summed E-state index contributed by atoms with van der Waals surface area (Å²) in [6.45, 7) is 5.41. The second-order valence-electron chi connectivity index (χ2n) is 5.12. The van der Waals surface area contributed by atoms with Crippen molar-refractivity contribution in [2.24, 2.45) is 0 Å². The Kier molecular flexibility index (Phi) is 6.80. The minimum Gasteiger partial charge on any atom is -0.394 e. The summed E-state index contributed by atoms with van der Waals surface area (Å²) < 4.78 is 0. The zero-order valence-electron chi connectivity index (χ0n) is 13.0. The smallest absolute Gasteiger partial charge is 0.135 e. The molecule has 1 heterocycles. The van der Waals surface area contributed by atoms with Crippen molar-refractivity contribution in [2.75, 3.05) is 37.0 Å². The van der Waals surface area contributed by atoms with E-state index in [1.54, 1.807) is 0 Å². The van der Waals surface area contributed by atoms with Crippen molar-refractivity contribution in [3.63, 3.8) is 0 Å². The number of nitrogens with zero attached hydrogens (tertiary/aromatic N) is 2. The third-order valence-corrected chi connectivity index (χ3v) is 3.30. The molecule has 5 N–H and O–H groups in total. The molecule has 0 amide bonds. The molecule has 1 aromatic heterocycles. The predicted molar refractivity (Wildman–Crippen MR) is 82.5 cm³/mol. The lowest BCUT2D eigenvalue weighted by Gasteiger charge is -2.30. The van der Waals surface area contributed by atoms with Crippen LogP contribution in [0, 0.1) is 6.92 Å². The molecule has 0 radical (unpaired) electrons. The van der Waals surface area contributed by atoms with E-state index in [-0.39, 0.29) is 0 Å². The van der Waals surface area contributed by atoms with Crippen LogP contribution >= 0.6 is 0 Å². The largest absolute Gasteiger partial charge is 0.394 e. The third kappa shape index (κ3) is 4.26. The first-order valence-electron chi connectivity index (χ1n) is 7.28. The molecule has 0 fully saturated rings. The van der Waals surface area contributed by atoms with Gasteiger partial charge in [-0.25, -0.2) is 9.97 Å². The summed E-state index contributed by atoms with van der Waals surface area (Å²) in [5.41, 5.74) is -0.414. The van der Waals surface area contributed by atoms with Crippen LogP contribution in [0.5, 0.6) is 0 Å². The van der Waals surface area contributed by atoms with E-state index < -0.39 is 25.4 Å². The summed E-state index contributed by atoms with van der Waals surface area (Å²) >= 11 is 0. The van der Waals surface area contributed by atoms with Gasteiger partial charge in [-0.3, -0.25) is 0 Å². The lowest BCUT2D eigenvalue weighted by molar-refractivity contribution is 0.0830. The highest BCUT2D eigenvalue weighted by Crippen LogP contribution is 2.23. The molecule has 0 bridgehead atoms. The SMILES string of the molecule is CCCc1nc(NCC)c(C)c(NC(CO)(CO)CO)n1. The number of aryl methyl sites for hydroxylation is 1. The fourth-order valence-electron chi connectivity index (χ4n) is 1.88. The van der Waals surface area contributed by atoms with E-state index in [1.807, 2.05) is 20.8 Å². The van der Waals surface area contributed by atoms with E-state index in [9.17, 15) is 15.3 Å². The molecule has 1 rings (SSSR count). The Balaban J connectivity index is 3.19. The average molecular weight is 298 g/mol. The molecule has 7 nitrogen and oxygen atoms in total. The Hall–Kier alpha value is -1.44. The number of aromatic nitrogens is 2. The van der Waals surface area contributed by atoms with Gasteiger partial charge in [-0.2, -0.15) is 0 Å². The summed E-state index contributed by atoms with van der Waals surface area (Å²) in [6, 6.07) is 0. The minimum atomic E-state index is -1.20. The van der Waals surface area contributed by atoms with Gasteiger partial charge in [0, 0.05) is 18.5 Å². The highest BCUT2D eigenvalue weighted by atomic mass is 16.3. The Morgan fingerprint density at radius 3 is 2.05 bits per heavy atom. The normalized spacial score (nSPS) is 11.5. The van der Waals surface area contributed by atoms with Crippen molar-refractivity contribution in [1.29, 1.82) is 0 Å². The van der Waals surface area contributed by atoms with E-state index in [4.69, 9.17) is 0 Å². The molecule has 0 aliphatic rings. The third-order valence-electron chi connectivity index (χ3n) is 3.30. The molecule has 21 heavy (non-hydrogen) atoms. The number of aliphatic hydroxyl groups is 3. The van der Waals surface area contributed by atoms with Crippen molar-refractivity contribution >= 4 is 11.6 Å². The highest BCUT2D eigenvalue weighted by Gasteiger charge is 2.29. The highest BCUT2D eigenvalue weighted by molar-refractivity contribution is 5.58. The summed E-state index contributed by atoms with van der Waals surface area (Å²) in [5, 5.41) is 34.4. The van der Waals surface area contributed by atoms with E-state index >= 15 is 0 Å². The van der Waals surface area contributed by atoms with E-state index in [1.165, 1.54) is 0 Å². The Labute approximate surface area is 125 Å². The molecular formula is C14H26N4O3. The van der Waals surface area contributed by atoms with Gasteiger partial charge in [-0.15, -0.1) is 0 Å². The lowest BCUT2D eigenvalue weighted by Crippen LogP contribution is -2.49. The van der Waals surface area contributed by atoms with Gasteiger partial charge in [-0.05, 0) is 20.3 Å². The lowest BCUT2D eigenvalue weighted by atomic mass is 10.0. The summed E-state index contributed by atoms with van der Waals surface area (Å²) in [7, 11) is 0. The molecular weight excluding hydrogens is 272 g/mol. The molecule has 0 aromatic carbocycles. The first-order valence-corrected chi connectivity index (χ1v) is 7.28. The van der Waals surface area contributed by atoms with Gasteiger partial charge in [0.15, 0.2) is 0 Å². The van der Waals surface area contributed by atoms with Crippen molar-refractivity contribution in [3.8, 4) is 0 Å². The van der Waals surface area contributed by atoms with Gasteiger partial charge >= 0.3 is 0 Å². The number of hydrogen-bond acceptors (Lipinski definition) is 7. The zero-order chi connectivity index (χ0) is 15.9. The maximum atomic E-state index is 9.43. The van der Waals surface area contributed by atoms with Gasteiger partial charge < -0.3 is 26.0 Å². The van der Waals surface area contributed by atoms with Crippen LogP contribution in [0.1, 0.15) is 31.7 Å². The monoisotopic (exact) mass is 298 g/mol. The summed E-state index contributed by atoms with van der Waals surface area (Å²) in [6.07, 6.45) is 1.65. The standard InChI is InChI=1S/C14H26N4O3/c1-4-6-11-16-12(15-5-2)10(3)13(17-11)18-14(7-19,8-20)9-21/h19-21H,4-9H2,1-3H3,(H2,15,16,17,18). The van der Waals surface area contributed by atoms with Crippen LogP contribution in [-0.2, 0) is 6.42 Å². The second-order valence-corrected chi connectivity index (χ2v) is 5.12. The molecule has 0 atom stereocenters. The van der Waals surface area contributed by atoms with Crippen LogP contribution in [0.2, 0.25) is 0 Å². The summed E-state index contributed by atoms with van der Waals surface area (Å²) in [5.74, 6) is 1.92. The van der Waals surface area contributed by atoms with Crippen molar-refractivity contribution in [2.45, 2.75) is 39.2 Å². The van der Waals surface area contributed by atoms with Crippen LogP contribution in [0.15, 0.2) is 0 Å². The number of hydrogen-bond donors (Lipinski definition) is 5. The molecule has 0 unspecified atom stereocenters. The average Bonchev–Trinajstić information content (AvgIpc) is 2.50. The molecule has 0 aliphatic heterocycles. The topological polar surface area (TPSA) is 111 Å². The summed E-state index contributed by atoms with van der Waals surface area (Å²) in [4.78, 5) is 8.91. The molecule has 0 saturated carbocycles. The number of aliphatic hydroxyl groups excluding tert-OH is 3. The maximum Gasteiger partial charge on any atom is 0.135 e. The molecule has 1 aromatic rings. The fourth-order valence-corrected chi connectivity index (χ4v) is 1.88. The molecule has 0 spiro atoms. The molecule has 120 valence electrons. The number of nitrogens with one attached hydrogen (secondary N) is 2. The van der Waals surface area contributed by atoms with E-state index in [0.717, 1.165) is 30.8 Å². The van der Waals surface area contributed by atoms with Gasteiger partial charge in [0.25, 0.3) is 0 Å². The Bertz CT molecular complexity index is 442. The first-order chi connectivity index (χ1) is 10.1. The Morgan fingerprint density at radius 1 is 1.00 bits per heavy atom. The van der Waals surface area contributed by atoms with Crippen LogP contribution in [0.25, 0.3) is 0 Å². The van der Waals surface area contributed by atoms with Crippen molar-refractivity contribution in [1.82, 2.24) is 9.97 Å². The van der Waals surface area contributed by atoms with Crippen molar-refractivity contribution < 1.29 is 15.3 Å². The quantitative estimate of drug-likeness (QED) is 0.446. The van der Waals surface area contributed by atoms with Gasteiger partial charge in [0.05, 0.1) is 19.8 Å². The van der Waals surface area contributed by atoms with Crippen LogP contribution in [0.4, 0.5) is 11.6 Å². The zero-order valence-corrected chi connectivity index (χ0v) is 13.0. The molecule has 0 saturated heterocycles. The van der Waals surface area contributed by atoms with Crippen LogP contribution in [-0.4, -0.2) is 57.2 Å². The Morgan fingerprint density at radius 2 is 1.57 bits per heavy atom. The van der Waals surface area contributed by atoms with E-state index in [0.29, 0.717) is 11.6 Å². The molecule has 0 aliphatic carbocycles. The van der Waals surface area contributed by atoms with Crippen molar-refractivity contribution in [3.05, 3.63) is 11.4 Å². The van der Waals surface area contributed by atoms with Gasteiger partial charge in [0.1, 0.15) is 23.0 Å². The van der Waals surface area contributed by atoms with Crippen LogP contribution < -0.4 is 10.6 Å².